The van der Waals surface area contributed by atoms with Gasteiger partial charge in [0.25, 0.3) is 0 Å². The Morgan fingerprint density at radius 1 is 1.12 bits per heavy atom. The Balaban J connectivity index is 1.32. The Morgan fingerprint density at radius 3 is 2.24 bits per heavy atom. The lowest BCUT2D eigenvalue weighted by Gasteiger charge is -2.56. The van der Waals surface area contributed by atoms with E-state index in [1.165, 1.54) is 31.0 Å². The van der Waals surface area contributed by atoms with Crippen LogP contribution in [0, 0.1) is 17.8 Å². The molecule has 6 nitrogen and oxygen atoms in total. The fraction of sp³-hybridized carbons (Fsp3) is 0.667. The lowest BCUT2D eigenvalue weighted by Crippen LogP contribution is -2.62. The number of amides is 3. The number of carbonyl (C=O) groups is 2. The summed E-state index contributed by atoms with van der Waals surface area (Å²) >= 11 is 1.25. The zero-order valence-electron chi connectivity index (χ0n) is 14.4. The van der Waals surface area contributed by atoms with Gasteiger partial charge in [0.2, 0.25) is 5.91 Å². The zero-order valence-corrected chi connectivity index (χ0v) is 15.2. The van der Waals surface area contributed by atoms with Gasteiger partial charge in [-0.2, -0.15) is 0 Å². The van der Waals surface area contributed by atoms with Crippen LogP contribution in [0.1, 0.15) is 45.4 Å². The summed E-state index contributed by atoms with van der Waals surface area (Å²) in [6.45, 7) is 1.76. The fourth-order valence-electron chi connectivity index (χ4n) is 5.31. The third-order valence-electron chi connectivity index (χ3n) is 5.85. The third kappa shape index (κ3) is 3.66. The summed E-state index contributed by atoms with van der Waals surface area (Å²) in [5, 5.41) is 5.78. The molecule has 0 saturated heterocycles. The molecule has 0 radical (unpaired) electrons. The van der Waals surface area contributed by atoms with Crippen molar-refractivity contribution < 1.29 is 9.59 Å². The first kappa shape index (κ1) is 16.8. The van der Waals surface area contributed by atoms with Gasteiger partial charge in [0, 0.05) is 17.9 Å². The minimum Gasteiger partial charge on any atom is -0.332 e. The van der Waals surface area contributed by atoms with Crippen LogP contribution in [0.15, 0.2) is 23.6 Å². The molecule has 25 heavy (non-hydrogen) atoms. The first-order valence-corrected chi connectivity index (χ1v) is 9.96. The number of rotatable bonds is 4. The minimum absolute atomic E-state index is 0.0853. The molecule has 2 N–H and O–H groups in total. The van der Waals surface area contributed by atoms with Crippen LogP contribution in [0.25, 0.3) is 0 Å². The number of urea groups is 1. The molecule has 4 bridgehead atoms. The second kappa shape index (κ2) is 6.59. The lowest BCUT2D eigenvalue weighted by molar-refractivity contribution is -0.119. The molecule has 134 valence electrons. The molecule has 4 aliphatic carbocycles. The second-order valence-corrected chi connectivity index (χ2v) is 9.24. The Morgan fingerprint density at radius 2 is 1.68 bits per heavy atom. The molecule has 0 aliphatic heterocycles. The third-order valence-corrected chi connectivity index (χ3v) is 6.84. The predicted molar refractivity (Wildman–Crippen MR) is 94.9 cm³/mol. The number of thioether (sulfide) groups is 1. The summed E-state index contributed by atoms with van der Waals surface area (Å²) in [4.78, 5) is 32.9. The number of carbonyl (C=O) groups excluding carboxylic acids is 2. The summed E-state index contributed by atoms with van der Waals surface area (Å²) in [5.41, 5.74) is -0.0853. The van der Waals surface area contributed by atoms with Crippen molar-refractivity contribution in [2.75, 3.05) is 0 Å². The van der Waals surface area contributed by atoms with Gasteiger partial charge in [0.15, 0.2) is 5.16 Å². The molecule has 1 heterocycles. The molecule has 4 fully saturated rings. The Bertz CT molecular complexity index is 631. The van der Waals surface area contributed by atoms with Gasteiger partial charge in [-0.05, 0) is 69.3 Å². The fourth-order valence-corrected chi connectivity index (χ4v) is 6.03. The average Bonchev–Trinajstić information content (AvgIpc) is 2.53. The van der Waals surface area contributed by atoms with Gasteiger partial charge in [-0.25, -0.2) is 14.8 Å². The molecule has 1 aromatic rings. The SMILES string of the molecule is C[C@H](Sc1ncccn1)C(=O)NC(=O)NC12CC3CC(CC(C3)C1)C2. The van der Waals surface area contributed by atoms with Crippen LogP contribution in [0.2, 0.25) is 0 Å². The van der Waals surface area contributed by atoms with E-state index in [1.807, 2.05) is 0 Å². The molecule has 0 unspecified atom stereocenters. The topological polar surface area (TPSA) is 84.0 Å². The summed E-state index contributed by atoms with van der Waals surface area (Å²) in [5.74, 6) is 1.96. The Labute approximate surface area is 152 Å². The maximum atomic E-state index is 12.4. The highest BCUT2D eigenvalue weighted by atomic mass is 32.2. The van der Waals surface area contributed by atoms with Crippen molar-refractivity contribution >= 4 is 23.7 Å². The molecular weight excluding hydrogens is 336 g/mol. The van der Waals surface area contributed by atoms with E-state index in [2.05, 4.69) is 20.6 Å². The predicted octanol–water partition coefficient (Wildman–Crippen LogP) is 2.75. The van der Waals surface area contributed by atoms with Crippen LogP contribution in [-0.4, -0.2) is 32.7 Å². The summed E-state index contributed by atoms with van der Waals surface area (Å²) in [6.07, 6.45) is 10.5. The molecule has 5 rings (SSSR count). The number of nitrogens with one attached hydrogen (secondary N) is 2. The van der Waals surface area contributed by atoms with Crippen molar-refractivity contribution in [3.05, 3.63) is 18.5 Å². The van der Waals surface area contributed by atoms with Crippen LogP contribution in [0.4, 0.5) is 4.79 Å². The van der Waals surface area contributed by atoms with Crippen LogP contribution >= 0.6 is 11.8 Å². The number of imide groups is 1. The van der Waals surface area contributed by atoms with Crippen molar-refractivity contribution in [2.45, 2.75) is 61.4 Å². The van der Waals surface area contributed by atoms with Gasteiger partial charge in [-0.3, -0.25) is 10.1 Å². The van der Waals surface area contributed by atoms with Crippen molar-refractivity contribution in [3.63, 3.8) is 0 Å². The molecule has 3 amide bonds. The van der Waals surface area contributed by atoms with E-state index in [-0.39, 0.29) is 17.5 Å². The molecule has 0 spiro atoms. The van der Waals surface area contributed by atoms with Crippen molar-refractivity contribution in [3.8, 4) is 0 Å². The molecule has 1 atom stereocenters. The van der Waals surface area contributed by atoms with E-state index >= 15 is 0 Å². The van der Waals surface area contributed by atoms with E-state index in [1.54, 1.807) is 25.4 Å². The number of aromatic nitrogens is 2. The Kier molecular flexibility index (Phi) is 4.43. The lowest BCUT2D eigenvalue weighted by atomic mass is 9.53. The smallest absolute Gasteiger partial charge is 0.321 e. The number of hydrogen-bond acceptors (Lipinski definition) is 5. The molecule has 4 aliphatic rings. The standard InChI is InChI=1S/C18H24N4O2S/c1-11(25-17-19-3-2-4-20-17)15(23)21-16(24)22-18-8-12-5-13(9-18)7-14(6-12)10-18/h2-4,11-14H,5-10H2,1H3,(H2,21,22,23,24)/t11-,12?,13?,14?,18?/m0/s1. The van der Waals surface area contributed by atoms with Crippen LogP contribution in [0.5, 0.6) is 0 Å². The van der Waals surface area contributed by atoms with Gasteiger partial charge < -0.3 is 5.32 Å². The van der Waals surface area contributed by atoms with Gasteiger partial charge in [-0.1, -0.05) is 11.8 Å². The second-order valence-electron chi connectivity index (χ2n) is 7.93. The molecule has 0 aromatic carbocycles. The summed E-state index contributed by atoms with van der Waals surface area (Å²) < 4.78 is 0. The normalized spacial score (nSPS) is 33.7. The van der Waals surface area contributed by atoms with E-state index < -0.39 is 5.25 Å². The van der Waals surface area contributed by atoms with Gasteiger partial charge in [0.1, 0.15) is 0 Å². The minimum atomic E-state index is -0.426. The first-order valence-electron chi connectivity index (χ1n) is 9.08. The van der Waals surface area contributed by atoms with Crippen LogP contribution in [-0.2, 0) is 4.79 Å². The molecule has 7 heteroatoms. The first-order chi connectivity index (χ1) is 12.0. The highest BCUT2D eigenvalue weighted by Gasteiger charge is 2.51. The molecule has 4 saturated carbocycles. The summed E-state index contributed by atoms with van der Waals surface area (Å²) in [6, 6.07) is 1.38. The van der Waals surface area contributed by atoms with Gasteiger partial charge >= 0.3 is 6.03 Å². The van der Waals surface area contributed by atoms with E-state index in [0.29, 0.717) is 5.16 Å². The quantitative estimate of drug-likeness (QED) is 0.637. The maximum Gasteiger partial charge on any atom is 0.321 e. The average molecular weight is 360 g/mol. The molecular formula is C18H24N4O2S. The zero-order chi connectivity index (χ0) is 17.4. The largest absolute Gasteiger partial charge is 0.332 e. The monoisotopic (exact) mass is 360 g/mol. The van der Waals surface area contributed by atoms with Crippen LogP contribution in [0.3, 0.4) is 0 Å². The van der Waals surface area contributed by atoms with E-state index in [9.17, 15) is 9.59 Å². The van der Waals surface area contributed by atoms with E-state index in [4.69, 9.17) is 0 Å². The molecule has 1 aromatic heterocycles. The summed E-state index contributed by atoms with van der Waals surface area (Å²) in [7, 11) is 0. The number of nitrogens with zero attached hydrogens (tertiary/aromatic N) is 2. The van der Waals surface area contributed by atoms with Gasteiger partial charge in [-0.15, -0.1) is 0 Å². The van der Waals surface area contributed by atoms with Crippen LogP contribution < -0.4 is 10.6 Å². The Hall–Kier alpha value is -1.63. The van der Waals surface area contributed by atoms with Gasteiger partial charge in [0.05, 0.1) is 5.25 Å². The number of hydrogen-bond donors (Lipinski definition) is 2. The van der Waals surface area contributed by atoms with Crippen molar-refractivity contribution in [2.24, 2.45) is 17.8 Å². The highest BCUT2D eigenvalue weighted by Crippen LogP contribution is 2.55. The van der Waals surface area contributed by atoms with Crippen molar-refractivity contribution in [1.82, 2.24) is 20.6 Å². The van der Waals surface area contributed by atoms with Crippen molar-refractivity contribution in [1.29, 1.82) is 0 Å². The highest BCUT2D eigenvalue weighted by molar-refractivity contribution is 8.00. The van der Waals surface area contributed by atoms with E-state index in [0.717, 1.165) is 37.0 Å². The maximum absolute atomic E-state index is 12.4.